The van der Waals surface area contributed by atoms with Crippen LogP contribution in [0.2, 0.25) is 5.02 Å². The number of aryl methyl sites for hydroxylation is 1. The fraction of sp³-hybridized carbons (Fsp3) is 0.304. The SMILES string of the molecule is C#CC1CCN(c2ncc(Cl)c(Nc3ccc4c(c3)cc(OCC(=O)O)c(=O)n4C)n2)CC1. The van der Waals surface area contributed by atoms with Crippen LogP contribution >= 0.6 is 11.6 Å². The van der Waals surface area contributed by atoms with Crippen molar-refractivity contribution in [3.63, 3.8) is 0 Å². The number of carbonyl (C=O) groups is 1. The molecule has 3 heterocycles. The molecule has 4 rings (SSSR count). The van der Waals surface area contributed by atoms with Crippen LogP contribution in [-0.2, 0) is 11.8 Å². The molecule has 2 N–H and O–H groups in total. The van der Waals surface area contributed by atoms with Crippen LogP contribution in [0.5, 0.6) is 5.75 Å². The van der Waals surface area contributed by atoms with E-state index < -0.39 is 18.1 Å². The number of hydrogen-bond donors (Lipinski definition) is 2. The number of nitrogens with zero attached hydrogens (tertiary/aromatic N) is 4. The van der Waals surface area contributed by atoms with Crippen LogP contribution in [0.3, 0.4) is 0 Å². The van der Waals surface area contributed by atoms with Crippen molar-refractivity contribution in [1.29, 1.82) is 0 Å². The molecular formula is C23H22ClN5O4. The Kier molecular flexibility index (Phi) is 6.38. The number of fused-ring (bicyclic) bond motifs is 1. The molecule has 33 heavy (non-hydrogen) atoms. The van der Waals surface area contributed by atoms with Gasteiger partial charge in [0.2, 0.25) is 5.95 Å². The molecule has 0 bridgehead atoms. The fourth-order valence-electron chi connectivity index (χ4n) is 3.75. The van der Waals surface area contributed by atoms with Gasteiger partial charge in [-0.25, -0.2) is 9.78 Å². The topological polar surface area (TPSA) is 110 Å². The lowest BCUT2D eigenvalue weighted by Gasteiger charge is -2.30. The maximum atomic E-state index is 12.4. The molecule has 1 aliphatic heterocycles. The minimum atomic E-state index is -1.16. The summed E-state index contributed by atoms with van der Waals surface area (Å²) in [6, 6.07) is 6.91. The van der Waals surface area contributed by atoms with E-state index in [2.05, 4.69) is 26.1 Å². The summed E-state index contributed by atoms with van der Waals surface area (Å²) in [5, 5.41) is 13.1. The Morgan fingerprint density at radius 2 is 2.12 bits per heavy atom. The Bertz CT molecular complexity index is 1310. The zero-order valence-corrected chi connectivity index (χ0v) is 18.7. The number of aliphatic carboxylic acids is 1. The molecule has 10 heteroatoms. The van der Waals surface area contributed by atoms with Crippen LogP contribution < -0.4 is 20.5 Å². The molecule has 0 amide bonds. The normalized spacial score (nSPS) is 14.2. The number of halogens is 1. The second kappa shape index (κ2) is 9.38. The van der Waals surface area contributed by atoms with Crippen molar-refractivity contribution < 1.29 is 14.6 Å². The van der Waals surface area contributed by atoms with E-state index in [1.807, 2.05) is 0 Å². The largest absolute Gasteiger partial charge is 0.479 e. The highest BCUT2D eigenvalue weighted by Crippen LogP contribution is 2.28. The Hall–Kier alpha value is -3.77. The van der Waals surface area contributed by atoms with Crippen LogP contribution in [0, 0.1) is 18.3 Å². The second-order valence-electron chi connectivity index (χ2n) is 7.75. The predicted molar refractivity (Wildman–Crippen MR) is 126 cm³/mol. The Morgan fingerprint density at radius 3 is 2.82 bits per heavy atom. The zero-order valence-electron chi connectivity index (χ0n) is 17.9. The smallest absolute Gasteiger partial charge is 0.341 e. The summed E-state index contributed by atoms with van der Waals surface area (Å²) in [6.45, 7) is 0.953. The predicted octanol–water partition coefficient (Wildman–Crippen LogP) is 3.04. The third-order valence-corrected chi connectivity index (χ3v) is 5.83. The summed E-state index contributed by atoms with van der Waals surface area (Å²) in [7, 11) is 1.60. The number of nitrogens with one attached hydrogen (secondary N) is 1. The third kappa shape index (κ3) is 4.86. The van der Waals surface area contributed by atoms with Gasteiger partial charge in [0.15, 0.2) is 18.2 Å². The summed E-state index contributed by atoms with van der Waals surface area (Å²) in [5.41, 5.74) is 0.934. The van der Waals surface area contributed by atoms with E-state index in [0.29, 0.717) is 33.4 Å². The van der Waals surface area contributed by atoms with Gasteiger partial charge >= 0.3 is 5.97 Å². The number of carboxylic acids is 1. The number of pyridine rings is 1. The second-order valence-corrected chi connectivity index (χ2v) is 8.16. The van der Waals surface area contributed by atoms with Crippen LogP contribution in [0.25, 0.3) is 10.9 Å². The summed E-state index contributed by atoms with van der Waals surface area (Å²) in [5.74, 6) is 2.91. The number of benzene rings is 1. The molecule has 3 aromatic rings. The highest BCUT2D eigenvalue weighted by atomic mass is 35.5. The molecule has 0 aliphatic carbocycles. The van der Waals surface area contributed by atoms with Gasteiger partial charge in [-0.3, -0.25) is 4.79 Å². The van der Waals surface area contributed by atoms with Gasteiger partial charge in [0.05, 0.1) is 11.7 Å². The van der Waals surface area contributed by atoms with E-state index in [9.17, 15) is 9.59 Å². The van der Waals surface area contributed by atoms with Crippen LogP contribution in [0.4, 0.5) is 17.5 Å². The average Bonchev–Trinajstić information content (AvgIpc) is 2.82. The molecular weight excluding hydrogens is 446 g/mol. The molecule has 1 fully saturated rings. The van der Waals surface area contributed by atoms with Gasteiger partial charge in [-0.05, 0) is 37.1 Å². The summed E-state index contributed by atoms with van der Waals surface area (Å²) in [4.78, 5) is 34.3. The van der Waals surface area contributed by atoms with Gasteiger partial charge in [-0.15, -0.1) is 12.3 Å². The molecule has 2 aromatic heterocycles. The molecule has 0 radical (unpaired) electrons. The van der Waals surface area contributed by atoms with Gasteiger partial charge < -0.3 is 24.6 Å². The lowest BCUT2D eigenvalue weighted by atomic mass is 9.98. The molecule has 1 aliphatic rings. The first kappa shape index (κ1) is 22.4. The van der Waals surface area contributed by atoms with E-state index in [4.69, 9.17) is 27.9 Å². The van der Waals surface area contributed by atoms with Gasteiger partial charge in [0, 0.05) is 37.1 Å². The number of rotatable bonds is 6. The third-order valence-electron chi connectivity index (χ3n) is 5.55. The first-order valence-corrected chi connectivity index (χ1v) is 10.7. The van der Waals surface area contributed by atoms with E-state index >= 15 is 0 Å². The summed E-state index contributed by atoms with van der Waals surface area (Å²) < 4.78 is 6.56. The first-order chi connectivity index (χ1) is 15.9. The van der Waals surface area contributed by atoms with Gasteiger partial charge in [-0.1, -0.05) is 11.6 Å². The molecule has 0 saturated carbocycles. The van der Waals surface area contributed by atoms with Crippen molar-refractivity contribution in [3.05, 3.63) is 45.8 Å². The molecule has 9 nitrogen and oxygen atoms in total. The number of aromatic nitrogens is 3. The Balaban J connectivity index is 1.61. The molecule has 0 atom stereocenters. The van der Waals surface area contributed by atoms with Crippen molar-refractivity contribution in [2.75, 3.05) is 29.9 Å². The number of piperidine rings is 1. The van der Waals surface area contributed by atoms with Crippen LogP contribution in [0.15, 0.2) is 35.3 Å². The van der Waals surface area contributed by atoms with E-state index in [1.54, 1.807) is 31.4 Å². The maximum absolute atomic E-state index is 12.4. The van der Waals surface area contributed by atoms with Crippen molar-refractivity contribution in [1.82, 2.24) is 14.5 Å². The maximum Gasteiger partial charge on any atom is 0.341 e. The summed E-state index contributed by atoms with van der Waals surface area (Å²) >= 11 is 6.34. The number of ether oxygens (including phenoxy) is 1. The Morgan fingerprint density at radius 1 is 1.36 bits per heavy atom. The number of carboxylic acid groups (broad SMARTS) is 1. The molecule has 1 aromatic carbocycles. The van der Waals surface area contributed by atoms with Crippen molar-refractivity contribution in [3.8, 4) is 18.1 Å². The van der Waals surface area contributed by atoms with Crippen molar-refractivity contribution >= 4 is 45.9 Å². The van der Waals surface area contributed by atoms with Crippen molar-refractivity contribution in [2.45, 2.75) is 12.8 Å². The van der Waals surface area contributed by atoms with E-state index in [1.165, 1.54) is 10.6 Å². The van der Waals surface area contributed by atoms with Crippen molar-refractivity contribution in [2.24, 2.45) is 13.0 Å². The van der Waals surface area contributed by atoms with E-state index in [-0.39, 0.29) is 11.7 Å². The first-order valence-electron chi connectivity index (χ1n) is 10.3. The molecule has 0 unspecified atom stereocenters. The number of terminal acetylenes is 1. The highest BCUT2D eigenvalue weighted by molar-refractivity contribution is 6.32. The molecule has 0 spiro atoms. The quantitative estimate of drug-likeness (QED) is 0.532. The Labute approximate surface area is 195 Å². The molecule has 170 valence electrons. The molecule has 1 saturated heterocycles. The van der Waals surface area contributed by atoms with Gasteiger partial charge in [0.1, 0.15) is 5.02 Å². The highest BCUT2D eigenvalue weighted by Gasteiger charge is 2.20. The lowest BCUT2D eigenvalue weighted by Crippen LogP contribution is -2.34. The van der Waals surface area contributed by atoms with Gasteiger partial charge in [0.25, 0.3) is 5.56 Å². The average molecular weight is 468 g/mol. The van der Waals surface area contributed by atoms with E-state index in [0.717, 1.165) is 25.9 Å². The fourth-order valence-corrected chi connectivity index (χ4v) is 3.89. The van der Waals surface area contributed by atoms with Crippen LogP contribution in [0.1, 0.15) is 12.8 Å². The lowest BCUT2D eigenvalue weighted by molar-refractivity contribution is -0.139. The van der Waals surface area contributed by atoms with Gasteiger partial charge in [-0.2, -0.15) is 4.98 Å². The number of hydrogen-bond acceptors (Lipinski definition) is 7. The summed E-state index contributed by atoms with van der Waals surface area (Å²) in [6.07, 6.45) is 8.87. The minimum absolute atomic E-state index is 0.0396. The standard InChI is InChI=1S/C23H22ClN5O4/c1-3-14-6-8-29(9-7-14)23-25-12-17(24)21(27-23)26-16-4-5-18-15(10-16)11-19(22(32)28(18)2)33-13-20(30)31/h1,4-5,10-12,14H,6-9,13H2,2H3,(H,30,31)(H,25,26,27). The van der Waals surface area contributed by atoms with Crippen LogP contribution in [-0.4, -0.2) is 45.3 Å². The zero-order chi connectivity index (χ0) is 23.5. The number of anilines is 3. The monoisotopic (exact) mass is 467 g/mol. The minimum Gasteiger partial charge on any atom is -0.479 e.